The van der Waals surface area contributed by atoms with Gasteiger partial charge in [0, 0.05) is 17.8 Å². The Morgan fingerprint density at radius 2 is 2.00 bits per heavy atom. The van der Waals surface area contributed by atoms with Crippen molar-refractivity contribution in [3.63, 3.8) is 0 Å². The fourth-order valence-corrected chi connectivity index (χ4v) is 7.15. The zero-order valence-corrected chi connectivity index (χ0v) is 15.9. The molecule has 6 unspecified atom stereocenters. The Morgan fingerprint density at radius 3 is 2.72 bits per heavy atom. The molecule has 1 aromatic rings. The average Bonchev–Trinajstić information content (AvgIpc) is 3.21. The molecule has 3 aliphatic carbocycles. The number of carbonyl (C=O) groups is 1. The van der Waals surface area contributed by atoms with Crippen LogP contribution in [0.2, 0.25) is 0 Å². The van der Waals surface area contributed by atoms with Crippen LogP contribution in [0.5, 0.6) is 0 Å². The lowest BCUT2D eigenvalue weighted by Crippen LogP contribution is -2.52. The van der Waals surface area contributed by atoms with Gasteiger partial charge in [0.2, 0.25) is 0 Å². The third-order valence-corrected chi connectivity index (χ3v) is 8.57. The second-order valence-electron chi connectivity index (χ2n) is 9.40. The van der Waals surface area contributed by atoms with E-state index in [0.29, 0.717) is 18.3 Å². The van der Waals surface area contributed by atoms with Gasteiger partial charge in [-0.3, -0.25) is 4.79 Å². The third kappa shape index (κ3) is 1.38. The predicted octanol–water partition coefficient (Wildman–Crippen LogP) is 4.55. The highest BCUT2D eigenvalue weighted by Crippen LogP contribution is 2.89. The van der Waals surface area contributed by atoms with E-state index in [4.69, 9.17) is 9.47 Å². The van der Waals surface area contributed by atoms with E-state index in [9.17, 15) is 4.79 Å². The molecule has 25 heavy (non-hydrogen) atoms. The van der Waals surface area contributed by atoms with Crippen molar-refractivity contribution in [2.24, 2.45) is 16.7 Å². The lowest BCUT2D eigenvalue weighted by molar-refractivity contribution is -0.161. The van der Waals surface area contributed by atoms with Gasteiger partial charge in [-0.1, -0.05) is 58.9 Å². The standard InChI is InChI=1S/C22H28O3/c1-6-18(23)24-17-11-16-19(3,4)20(17,5)21-12-13(2)14-9-7-8-10-15(14)22(16,21)25-21/h7-10,13,16-17H,6,11-12H2,1-5H3. The highest BCUT2D eigenvalue weighted by atomic mass is 16.6. The maximum atomic E-state index is 12.1. The van der Waals surface area contributed by atoms with E-state index in [1.165, 1.54) is 11.1 Å². The molecule has 5 rings (SSSR count). The van der Waals surface area contributed by atoms with Gasteiger partial charge < -0.3 is 9.47 Å². The first-order valence-corrected chi connectivity index (χ1v) is 9.75. The number of carbonyl (C=O) groups excluding carboxylic acids is 1. The minimum absolute atomic E-state index is 0.0342. The second-order valence-corrected chi connectivity index (χ2v) is 9.40. The van der Waals surface area contributed by atoms with Crippen LogP contribution in [0, 0.1) is 16.7 Å². The second kappa shape index (κ2) is 4.31. The molecular weight excluding hydrogens is 312 g/mol. The summed E-state index contributed by atoms with van der Waals surface area (Å²) in [6, 6.07) is 8.84. The monoisotopic (exact) mass is 340 g/mol. The van der Waals surface area contributed by atoms with E-state index in [-0.39, 0.29) is 34.1 Å². The lowest BCUT2D eigenvalue weighted by Gasteiger charge is -2.45. The summed E-state index contributed by atoms with van der Waals surface area (Å²) in [5.74, 6) is 0.788. The molecule has 0 spiro atoms. The summed E-state index contributed by atoms with van der Waals surface area (Å²) >= 11 is 0. The fraction of sp³-hybridized carbons (Fsp3) is 0.682. The normalized spacial score (nSPS) is 47.6. The topological polar surface area (TPSA) is 38.8 Å². The van der Waals surface area contributed by atoms with E-state index < -0.39 is 0 Å². The molecule has 0 radical (unpaired) electrons. The highest BCUT2D eigenvalue weighted by Gasteiger charge is 2.95. The molecule has 0 aromatic heterocycles. The summed E-state index contributed by atoms with van der Waals surface area (Å²) in [7, 11) is 0. The van der Waals surface area contributed by atoms with Crippen LogP contribution in [-0.2, 0) is 19.9 Å². The molecule has 0 N–H and O–H groups in total. The first-order chi connectivity index (χ1) is 11.8. The molecule has 3 nitrogen and oxygen atoms in total. The van der Waals surface area contributed by atoms with Gasteiger partial charge in [-0.25, -0.2) is 0 Å². The molecule has 0 amide bonds. The Kier molecular flexibility index (Phi) is 2.73. The van der Waals surface area contributed by atoms with Crippen molar-refractivity contribution in [2.75, 3.05) is 0 Å². The van der Waals surface area contributed by atoms with Crippen LogP contribution < -0.4 is 0 Å². The van der Waals surface area contributed by atoms with E-state index >= 15 is 0 Å². The van der Waals surface area contributed by atoms with Gasteiger partial charge in [-0.05, 0) is 35.3 Å². The Bertz CT molecular complexity index is 783. The maximum absolute atomic E-state index is 12.1. The smallest absolute Gasteiger partial charge is 0.305 e. The molecule has 1 heterocycles. The van der Waals surface area contributed by atoms with Crippen molar-refractivity contribution in [3.8, 4) is 0 Å². The van der Waals surface area contributed by atoms with Gasteiger partial charge >= 0.3 is 5.97 Å². The Labute approximate surface area is 150 Å². The van der Waals surface area contributed by atoms with E-state index in [0.717, 1.165) is 12.8 Å². The molecule has 3 heteroatoms. The van der Waals surface area contributed by atoms with Crippen molar-refractivity contribution < 1.29 is 14.3 Å². The first kappa shape index (κ1) is 15.9. The van der Waals surface area contributed by atoms with Crippen molar-refractivity contribution in [1.29, 1.82) is 0 Å². The number of hydrogen-bond donors (Lipinski definition) is 0. The number of rotatable bonds is 2. The molecule has 134 valence electrons. The van der Waals surface area contributed by atoms with Crippen molar-refractivity contribution in [3.05, 3.63) is 35.4 Å². The number of benzene rings is 1. The fourth-order valence-electron chi connectivity index (χ4n) is 7.15. The van der Waals surface area contributed by atoms with Crippen LogP contribution in [0.3, 0.4) is 0 Å². The summed E-state index contributed by atoms with van der Waals surface area (Å²) < 4.78 is 12.7. The molecule has 2 bridgehead atoms. The van der Waals surface area contributed by atoms with Crippen LogP contribution in [0.15, 0.2) is 24.3 Å². The van der Waals surface area contributed by atoms with Gasteiger partial charge in [-0.2, -0.15) is 0 Å². The number of fused-ring (bicyclic) bond motifs is 3. The predicted molar refractivity (Wildman–Crippen MR) is 95.1 cm³/mol. The largest absolute Gasteiger partial charge is 0.462 e. The van der Waals surface area contributed by atoms with Crippen LogP contribution in [-0.4, -0.2) is 17.7 Å². The number of epoxide rings is 1. The van der Waals surface area contributed by atoms with Gasteiger partial charge in [0.25, 0.3) is 0 Å². The summed E-state index contributed by atoms with van der Waals surface area (Å²) in [6.07, 6.45) is 2.35. The number of esters is 1. The Morgan fingerprint density at radius 1 is 1.28 bits per heavy atom. The Balaban J connectivity index is 1.68. The van der Waals surface area contributed by atoms with Crippen molar-refractivity contribution in [2.45, 2.75) is 77.1 Å². The van der Waals surface area contributed by atoms with Crippen LogP contribution in [0.4, 0.5) is 0 Å². The van der Waals surface area contributed by atoms with Crippen LogP contribution in [0.25, 0.3) is 0 Å². The van der Waals surface area contributed by atoms with E-state index in [2.05, 4.69) is 52.0 Å². The summed E-state index contributed by atoms with van der Waals surface area (Å²) in [6.45, 7) is 11.3. The summed E-state index contributed by atoms with van der Waals surface area (Å²) in [4.78, 5) is 12.1. The first-order valence-electron chi connectivity index (χ1n) is 9.75. The molecule has 4 aliphatic rings. The quantitative estimate of drug-likeness (QED) is 0.586. The molecule has 1 saturated heterocycles. The van der Waals surface area contributed by atoms with Crippen LogP contribution >= 0.6 is 0 Å². The van der Waals surface area contributed by atoms with Gasteiger partial charge in [0.1, 0.15) is 17.3 Å². The maximum Gasteiger partial charge on any atom is 0.305 e. The minimum Gasteiger partial charge on any atom is -0.462 e. The van der Waals surface area contributed by atoms with Gasteiger partial charge in [-0.15, -0.1) is 0 Å². The van der Waals surface area contributed by atoms with Crippen molar-refractivity contribution >= 4 is 5.97 Å². The summed E-state index contributed by atoms with van der Waals surface area (Å²) in [5.41, 5.74) is 2.45. The highest BCUT2D eigenvalue weighted by molar-refractivity contribution is 5.69. The molecule has 1 aromatic carbocycles. The molecule has 6 atom stereocenters. The molecular formula is C22H28O3. The number of hydrogen-bond acceptors (Lipinski definition) is 3. The molecule has 3 fully saturated rings. The third-order valence-electron chi connectivity index (χ3n) is 8.57. The van der Waals surface area contributed by atoms with E-state index in [1.807, 2.05) is 6.92 Å². The van der Waals surface area contributed by atoms with E-state index in [1.54, 1.807) is 0 Å². The molecule has 1 aliphatic heterocycles. The lowest BCUT2D eigenvalue weighted by atomic mass is 9.58. The van der Waals surface area contributed by atoms with Gasteiger partial charge in [0.05, 0.1) is 0 Å². The van der Waals surface area contributed by atoms with Crippen LogP contribution in [0.1, 0.15) is 70.9 Å². The van der Waals surface area contributed by atoms with Crippen molar-refractivity contribution in [1.82, 2.24) is 0 Å². The minimum atomic E-state index is -0.182. The van der Waals surface area contributed by atoms with Gasteiger partial charge in [0.15, 0.2) is 0 Å². The Hall–Kier alpha value is -1.35. The summed E-state index contributed by atoms with van der Waals surface area (Å²) in [5, 5.41) is 0. The molecule has 2 saturated carbocycles. The average molecular weight is 340 g/mol. The zero-order chi connectivity index (χ0) is 17.8. The SMILES string of the molecule is CCC(=O)OC1CC2C(C)(C)C1(C)C13CC(C)c4ccccc4C21O3. The zero-order valence-electron chi connectivity index (χ0n) is 15.9. The number of ether oxygens (including phenoxy) is 2.